The molecule has 0 bridgehead atoms. The molecule has 8 N–H and O–H groups in total. The summed E-state index contributed by atoms with van der Waals surface area (Å²) in [4.78, 5) is 177. The normalized spacial score (nSPS) is 17.4. The van der Waals surface area contributed by atoms with Crippen molar-refractivity contribution in [2.24, 2.45) is 30.5 Å². The van der Waals surface area contributed by atoms with Crippen LogP contribution in [-0.4, -0.2) is 261 Å². The summed E-state index contributed by atoms with van der Waals surface area (Å²) < 4.78 is 35.3. The molecule has 5 atom stereocenters. The first kappa shape index (κ1) is 89.7. The zero-order valence-electron chi connectivity index (χ0n) is 70.0. The maximum absolute atomic E-state index is 14.3. The first-order valence-electron chi connectivity index (χ1n) is 40.9. The van der Waals surface area contributed by atoms with Crippen LogP contribution in [0.2, 0.25) is 0 Å². The number of ether oxygens (including phenoxy) is 6. The van der Waals surface area contributed by atoms with E-state index in [2.05, 4.69) is 50.2 Å². The maximum atomic E-state index is 14.3. The fourth-order valence-corrected chi connectivity index (χ4v) is 15.4. The van der Waals surface area contributed by atoms with E-state index in [9.17, 15) is 62.6 Å². The van der Waals surface area contributed by atoms with Gasteiger partial charge in [0.15, 0.2) is 0 Å². The van der Waals surface area contributed by atoms with Crippen LogP contribution in [0.1, 0.15) is 113 Å². The van der Waals surface area contributed by atoms with Crippen molar-refractivity contribution in [1.82, 2.24) is 60.3 Å². The summed E-state index contributed by atoms with van der Waals surface area (Å²) in [5.41, 5.74) is 9.10. The largest absolute Gasteiger partial charge is 0.496 e. The summed E-state index contributed by atoms with van der Waals surface area (Å²) in [5.74, 6) is -1.28. The van der Waals surface area contributed by atoms with Crippen LogP contribution in [0.4, 0.5) is 36.5 Å². The third-order valence-corrected chi connectivity index (χ3v) is 22.7. The number of urea groups is 2. The number of aliphatic hydroxyl groups excluding tert-OH is 1. The van der Waals surface area contributed by atoms with Crippen LogP contribution in [0.5, 0.6) is 17.2 Å². The molecule has 35 heteroatoms. The first-order chi connectivity index (χ1) is 58.0. The Labute approximate surface area is 701 Å². The molecule has 11 rings (SSSR count). The molecule has 4 aromatic carbocycles. The van der Waals surface area contributed by atoms with Gasteiger partial charge in [0, 0.05) is 152 Å². The minimum atomic E-state index is -1.12. The number of piperidine rings is 1. The number of fused-ring (bicyclic) bond motifs is 1. The van der Waals surface area contributed by atoms with Crippen molar-refractivity contribution >= 4 is 93.8 Å². The Kier molecular flexibility index (Phi) is 30.6. The Bertz CT molecular complexity index is 4840. The number of amides is 13. The molecule has 0 spiro atoms. The van der Waals surface area contributed by atoms with Gasteiger partial charge < -0.3 is 84.7 Å². The minimum Gasteiger partial charge on any atom is -0.496 e. The molecule has 4 fully saturated rings. The van der Waals surface area contributed by atoms with Gasteiger partial charge in [-0.1, -0.05) is 57.0 Å². The second kappa shape index (κ2) is 41.3. The molecule has 1 aliphatic carbocycles. The number of carbonyl (C=O) groups is 11. The minimum absolute atomic E-state index is 0.00943. The van der Waals surface area contributed by atoms with Crippen molar-refractivity contribution in [2.75, 3.05) is 142 Å². The first-order valence-corrected chi connectivity index (χ1v) is 40.9. The fourth-order valence-electron chi connectivity index (χ4n) is 15.4. The standard InChI is InChI=1S/C86H110N16O19/c1-53(2)76(92-72(105)31-39-118-41-42-119-40-38-101-73(106)26-27-74(101)107)79(110)90-67(11-10-32-88-81(87)112)78(109)89-62-20-14-58(15-21-62)51-120-84(114)95(5)36-37-96(6)85(115)121-63-22-18-61(19-23-63)86(52-103,46-56-12-13-56)77-64-43-59(65-50-97(7)75(108)45-70(65)117-9)16-24-66(64)91-82(94-77)98-33-28-57(29-34-98)49-99-47-55(4)102(48-54(99)3)80(111)60-17-25-69(116-8)68(44-60)100-35-30-71(104)93-83(100)113/h14-27,43-45,50,53-57,67,76,103H,10-13,28-42,46-49,51-52H2,1-9H3,(H,89,109)(H,90,110)(H,92,105)(H3,87,88,112)(H,93,104,113)/t54-,55+,67-,76-,86?/m0/s1. The molecule has 4 aliphatic heterocycles. The SMILES string of the molecule is COc1cc(=O)n(C)cc1-c1ccc2nc(N3CCC(CN4C[C@@H](C)N(C(=O)c5ccc(OC)c(N6CCC(=O)NC6=O)c5)C[C@@H]4C)CC3)nc(C(CO)(CC3CC3)c3ccc(OC(=O)N(C)CCN(C)C(=O)OCc4ccc(NC(=O)[C@H](CCCNC(N)=O)NC(=O)[C@@H](NC(=O)CCOCCOCCN5C(=O)C=CC5=O)C(C)C)cc4)cc3)c2c1. The second-order valence-corrected chi connectivity index (χ2v) is 31.8. The Morgan fingerprint density at radius 1 is 0.744 bits per heavy atom. The quantitative estimate of drug-likeness (QED) is 0.0171. The zero-order chi connectivity index (χ0) is 86.8. The number of likely N-dealkylation sites (N-methyl/N-ethyl adjacent to an activating group) is 2. The lowest BCUT2D eigenvalue weighted by Crippen LogP contribution is -2.59. The highest BCUT2D eigenvalue weighted by molar-refractivity contribution is 6.13. The van der Waals surface area contributed by atoms with Crippen LogP contribution < -0.4 is 61.9 Å². The monoisotopic (exact) mass is 1670 g/mol. The highest BCUT2D eigenvalue weighted by Crippen LogP contribution is 2.48. The third-order valence-electron chi connectivity index (χ3n) is 22.7. The summed E-state index contributed by atoms with van der Waals surface area (Å²) in [7, 11) is 7.76. The van der Waals surface area contributed by atoms with Crippen molar-refractivity contribution in [3.05, 3.63) is 142 Å². The number of primary amides is 1. The van der Waals surface area contributed by atoms with Crippen molar-refractivity contribution in [2.45, 2.75) is 122 Å². The van der Waals surface area contributed by atoms with Gasteiger partial charge in [0.1, 0.15) is 35.9 Å². The van der Waals surface area contributed by atoms with E-state index in [4.69, 9.17) is 44.1 Å². The third kappa shape index (κ3) is 23.1. The predicted molar refractivity (Wildman–Crippen MR) is 448 cm³/mol. The highest BCUT2D eigenvalue weighted by Gasteiger charge is 2.44. The molecular weight excluding hydrogens is 1560 g/mol. The molecule has 1 saturated carbocycles. The average molecular weight is 1670 g/mol. The Morgan fingerprint density at radius 3 is 2.10 bits per heavy atom. The number of anilines is 3. The molecular formula is C86H110N16O19. The summed E-state index contributed by atoms with van der Waals surface area (Å²) in [5, 5.41) is 25.9. The molecule has 13 amide bonds. The number of benzene rings is 4. The zero-order valence-corrected chi connectivity index (χ0v) is 70.0. The van der Waals surface area contributed by atoms with Crippen LogP contribution in [0, 0.1) is 17.8 Å². The van der Waals surface area contributed by atoms with Gasteiger partial charge in [-0.05, 0) is 135 Å². The smallest absolute Gasteiger partial charge is 0.415 e. The second-order valence-electron chi connectivity index (χ2n) is 31.8. The van der Waals surface area contributed by atoms with Crippen LogP contribution in [-0.2, 0) is 62.0 Å². The summed E-state index contributed by atoms with van der Waals surface area (Å²) in [6.45, 7) is 11.4. The van der Waals surface area contributed by atoms with Gasteiger partial charge in [-0.2, -0.15) is 0 Å². The van der Waals surface area contributed by atoms with Crippen molar-refractivity contribution in [3.63, 3.8) is 0 Å². The van der Waals surface area contributed by atoms with E-state index in [1.807, 2.05) is 35.2 Å². The van der Waals surface area contributed by atoms with E-state index in [0.717, 1.165) is 48.3 Å². The molecule has 0 radical (unpaired) electrons. The topological polar surface area (TPSA) is 420 Å². The van der Waals surface area contributed by atoms with Crippen LogP contribution in [0.15, 0.2) is 114 Å². The highest BCUT2D eigenvalue weighted by atomic mass is 16.6. The van der Waals surface area contributed by atoms with Gasteiger partial charge in [0.25, 0.3) is 23.3 Å². The fraction of sp³-hybridized carbons (Fsp3) is 0.488. The van der Waals surface area contributed by atoms with Gasteiger partial charge >= 0.3 is 24.2 Å². The van der Waals surface area contributed by atoms with Crippen molar-refractivity contribution < 1.29 is 86.3 Å². The number of nitrogens with zero attached hydrogens (tertiary/aromatic N) is 10. The van der Waals surface area contributed by atoms with E-state index < -0.39 is 77.2 Å². The molecule has 35 nitrogen and oxygen atoms in total. The number of nitrogens with two attached hydrogens (primary N) is 1. The number of aromatic nitrogens is 3. The number of hydrogen-bond donors (Lipinski definition) is 7. The predicted octanol–water partition coefficient (Wildman–Crippen LogP) is 6.05. The van der Waals surface area contributed by atoms with Gasteiger partial charge in [0.2, 0.25) is 29.6 Å². The number of aryl methyl sites for hydroxylation is 1. The molecule has 3 saturated heterocycles. The van der Waals surface area contributed by atoms with Crippen LogP contribution >= 0.6 is 0 Å². The lowest BCUT2D eigenvalue weighted by Gasteiger charge is -2.46. The number of aliphatic hydroxyl groups is 1. The van der Waals surface area contributed by atoms with E-state index >= 15 is 0 Å². The summed E-state index contributed by atoms with van der Waals surface area (Å²) in [6.07, 6.45) is 7.23. The molecule has 6 aromatic rings. The summed E-state index contributed by atoms with van der Waals surface area (Å²) in [6, 6.07) is 22.4. The van der Waals surface area contributed by atoms with Crippen LogP contribution in [0.3, 0.4) is 0 Å². The van der Waals surface area contributed by atoms with Gasteiger partial charge in [-0.3, -0.25) is 58.4 Å². The lowest BCUT2D eigenvalue weighted by atomic mass is 9.72. The maximum Gasteiger partial charge on any atom is 0.415 e. The Morgan fingerprint density at radius 2 is 1.44 bits per heavy atom. The number of pyridine rings is 1. The molecule has 2 aromatic heterocycles. The number of nitrogens with one attached hydrogen (secondary N) is 5. The Balaban J connectivity index is 0.686. The number of rotatable bonds is 38. The average Bonchev–Trinajstić information content (AvgIpc) is 1.65. The van der Waals surface area contributed by atoms with E-state index in [1.165, 1.54) is 58.8 Å². The number of imide groups is 2. The number of methoxy groups -OCH3 is 2. The van der Waals surface area contributed by atoms with Gasteiger partial charge in [0.05, 0.1) is 76.1 Å². The number of carbonyl (C=O) groups excluding carboxylic acids is 11. The molecule has 1 unspecified atom stereocenters. The summed E-state index contributed by atoms with van der Waals surface area (Å²) >= 11 is 0. The molecule has 648 valence electrons. The van der Waals surface area contributed by atoms with E-state index in [-0.39, 0.29) is 139 Å². The molecule has 121 heavy (non-hydrogen) atoms. The van der Waals surface area contributed by atoms with Crippen LogP contribution in [0.25, 0.3) is 22.0 Å². The number of piperazine rings is 1. The lowest BCUT2D eigenvalue weighted by molar-refractivity contribution is -0.137. The Hall–Kier alpha value is -12.1. The van der Waals surface area contributed by atoms with Crippen molar-refractivity contribution in [3.8, 4) is 28.4 Å². The molecule has 6 heterocycles. The van der Waals surface area contributed by atoms with Crippen molar-refractivity contribution in [1.29, 1.82) is 0 Å². The van der Waals surface area contributed by atoms with E-state index in [1.54, 1.807) is 88.7 Å². The van der Waals surface area contributed by atoms with Gasteiger partial charge in [-0.25, -0.2) is 29.1 Å². The number of hydrogen-bond acceptors (Lipinski definition) is 23. The van der Waals surface area contributed by atoms with E-state index in [0.29, 0.717) is 101 Å². The van der Waals surface area contributed by atoms with Gasteiger partial charge in [-0.15, -0.1) is 0 Å². The molecule has 5 aliphatic rings.